The van der Waals surface area contributed by atoms with Gasteiger partial charge in [-0.1, -0.05) is 46.9 Å². The Bertz CT molecular complexity index is 722. The van der Waals surface area contributed by atoms with Gasteiger partial charge in [-0.25, -0.2) is 4.98 Å². The summed E-state index contributed by atoms with van der Waals surface area (Å²) in [6.07, 6.45) is -4.51. The Labute approximate surface area is 149 Å². The van der Waals surface area contributed by atoms with Crippen molar-refractivity contribution < 1.29 is 18.3 Å². The summed E-state index contributed by atoms with van der Waals surface area (Å²) in [5, 5.41) is 11.5. The Kier molecular flexibility index (Phi) is 5.74. The van der Waals surface area contributed by atoms with Gasteiger partial charge in [0.15, 0.2) is 11.6 Å². The highest BCUT2D eigenvalue weighted by Crippen LogP contribution is 2.37. The number of alkyl halides is 6. The molecule has 0 saturated heterocycles. The van der Waals surface area contributed by atoms with Gasteiger partial charge in [0.2, 0.25) is 9.74 Å². The van der Waals surface area contributed by atoms with Crippen LogP contribution in [-0.2, 0) is 9.97 Å². The monoisotopic (exact) mass is 400 g/mol. The number of nitrogens with zero attached hydrogens (tertiary/aromatic N) is 3. The maximum absolute atomic E-state index is 12.8. The molecule has 0 aliphatic heterocycles. The van der Waals surface area contributed by atoms with Crippen LogP contribution in [-0.4, -0.2) is 33.2 Å². The zero-order valence-electron chi connectivity index (χ0n) is 11.8. The summed E-state index contributed by atoms with van der Waals surface area (Å²) >= 11 is 17.2. The first-order valence-electron chi connectivity index (χ1n) is 6.47. The lowest BCUT2D eigenvalue weighted by Gasteiger charge is -2.13. The highest BCUT2D eigenvalue weighted by molar-refractivity contribution is 6.66. The first kappa shape index (κ1) is 19.0. The van der Waals surface area contributed by atoms with E-state index in [1.807, 2.05) is 0 Å². The van der Waals surface area contributed by atoms with E-state index in [-0.39, 0.29) is 36.3 Å². The second kappa shape index (κ2) is 7.26. The van der Waals surface area contributed by atoms with E-state index in [0.29, 0.717) is 0 Å². The molecule has 1 aromatic heterocycles. The van der Waals surface area contributed by atoms with Crippen molar-refractivity contribution in [3.05, 3.63) is 35.7 Å². The van der Waals surface area contributed by atoms with Gasteiger partial charge in [-0.3, -0.25) is 0 Å². The second-order valence-electron chi connectivity index (χ2n) is 4.53. The van der Waals surface area contributed by atoms with Crippen molar-refractivity contribution in [1.82, 2.24) is 15.0 Å². The van der Waals surface area contributed by atoms with Crippen LogP contribution in [0.3, 0.4) is 0 Å². The maximum atomic E-state index is 12.8. The summed E-state index contributed by atoms with van der Waals surface area (Å²) in [5.74, 6) is -0.388. The van der Waals surface area contributed by atoms with E-state index in [2.05, 4.69) is 20.3 Å². The molecule has 0 atom stereocenters. The summed E-state index contributed by atoms with van der Waals surface area (Å²) in [7, 11) is 0. The van der Waals surface area contributed by atoms with Gasteiger partial charge >= 0.3 is 6.18 Å². The molecule has 0 radical (unpaired) electrons. The highest BCUT2D eigenvalue weighted by atomic mass is 35.6. The van der Waals surface area contributed by atoms with Gasteiger partial charge in [-0.05, 0) is 12.1 Å². The molecule has 2 N–H and O–H groups in total. The van der Waals surface area contributed by atoms with Crippen molar-refractivity contribution in [2.45, 2.75) is 9.97 Å². The molecule has 2 rings (SSSR count). The van der Waals surface area contributed by atoms with Crippen LogP contribution in [0.4, 0.5) is 19.1 Å². The molecule has 0 unspecified atom stereocenters. The van der Waals surface area contributed by atoms with Crippen LogP contribution in [0.25, 0.3) is 11.4 Å². The van der Waals surface area contributed by atoms with Crippen molar-refractivity contribution in [1.29, 1.82) is 0 Å². The SMILES string of the molecule is OCCNc1nc(-c2cccc(C(F)(F)F)c2)nc(C(Cl)(Cl)Cl)n1. The minimum absolute atomic E-state index is 0.0345. The van der Waals surface area contributed by atoms with E-state index in [9.17, 15) is 13.2 Å². The molecule has 0 amide bonds. The van der Waals surface area contributed by atoms with Crippen LogP contribution in [0.15, 0.2) is 24.3 Å². The van der Waals surface area contributed by atoms with Crippen LogP contribution in [0.2, 0.25) is 0 Å². The molecule has 1 aromatic carbocycles. The van der Waals surface area contributed by atoms with Crippen molar-refractivity contribution in [3.8, 4) is 11.4 Å². The topological polar surface area (TPSA) is 70.9 Å². The Morgan fingerprint density at radius 2 is 1.79 bits per heavy atom. The largest absolute Gasteiger partial charge is 0.416 e. The molecule has 0 spiro atoms. The molecule has 24 heavy (non-hydrogen) atoms. The number of benzene rings is 1. The fourth-order valence-corrected chi connectivity index (χ4v) is 1.97. The number of aliphatic hydroxyl groups excluding tert-OH is 1. The number of hydrogen-bond donors (Lipinski definition) is 2. The van der Waals surface area contributed by atoms with E-state index in [1.54, 1.807) is 0 Å². The number of halogens is 6. The highest BCUT2D eigenvalue weighted by Gasteiger charge is 2.31. The van der Waals surface area contributed by atoms with E-state index in [1.165, 1.54) is 12.1 Å². The molecule has 0 aliphatic carbocycles. The van der Waals surface area contributed by atoms with Crippen LogP contribution in [0.5, 0.6) is 0 Å². The van der Waals surface area contributed by atoms with E-state index >= 15 is 0 Å². The third-order valence-electron chi connectivity index (χ3n) is 2.73. The first-order valence-corrected chi connectivity index (χ1v) is 7.60. The second-order valence-corrected chi connectivity index (χ2v) is 6.81. The number of nitrogens with one attached hydrogen (secondary N) is 1. The third-order valence-corrected chi connectivity index (χ3v) is 3.24. The van der Waals surface area contributed by atoms with E-state index in [4.69, 9.17) is 39.9 Å². The molecule has 5 nitrogen and oxygen atoms in total. The van der Waals surface area contributed by atoms with E-state index < -0.39 is 15.5 Å². The van der Waals surface area contributed by atoms with Gasteiger partial charge in [0.25, 0.3) is 0 Å². The lowest BCUT2D eigenvalue weighted by molar-refractivity contribution is -0.137. The smallest absolute Gasteiger partial charge is 0.395 e. The third kappa shape index (κ3) is 4.83. The van der Waals surface area contributed by atoms with Crippen LogP contribution < -0.4 is 5.32 Å². The Morgan fingerprint density at radius 1 is 1.08 bits per heavy atom. The van der Waals surface area contributed by atoms with Gasteiger partial charge in [-0.2, -0.15) is 23.1 Å². The van der Waals surface area contributed by atoms with Crippen LogP contribution in [0, 0.1) is 0 Å². The summed E-state index contributed by atoms with van der Waals surface area (Å²) in [5.41, 5.74) is -0.782. The Hall–Kier alpha value is -1.35. The van der Waals surface area contributed by atoms with Crippen LogP contribution in [0.1, 0.15) is 11.4 Å². The molecule has 1 heterocycles. The van der Waals surface area contributed by atoms with Gasteiger partial charge in [0, 0.05) is 12.1 Å². The number of aromatic nitrogens is 3. The lowest BCUT2D eigenvalue weighted by Crippen LogP contribution is -2.15. The fraction of sp³-hybridized carbons (Fsp3) is 0.308. The van der Waals surface area contributed by atoms with Gasteiger partial charge in [0.1, 0.15) is 0 Å². The zero-order chi connectivity index (χ0) is 18.0. The predicted molar refractivity (Wildman–Crippen MR) is 85.1 cm³/mol. The van der Waals surface area contributed by atoms with Crippen molar-refractivity contribution >= 4 is 40.8 Å². The van der Waals surface area contributed by atoms with Crippen LogP contribution >= 0.6 is 34.8 Å². The molecule has 0 saturated carbocycles. The molecule has 0 bridgehead atoms. The van der Waals surface area contributed by atoms with Gasteiger partial charge < -0.3 is 10.4 Å². The zero-order valence-corrected chi connectivity index (χ0v) is 14.0. The van der Waals surface area contributed by atoms with Crippen molar-refractivity contribution in [3.63, 3.8) is 0 Å². The molecule has 11 heteroatoms. The molecule has 0 aliphatic rings. The summed E-state index contributed by atoms with van der Waals surface area (Å²) in [4.78, 5) is 11.8. The summed E-state index contributed by atoms with van der Waals surface area (Å²) in [6.45, 7) is -0.112. The minimum Gasteiger partial charge on any atom is -0.395 e. The van der Waals surface area contributed by atoms with Crippen molar-refractivity contribution in [2.24, 2.45) is 0 Å². The average molecular weight is 402 g/mol. The Balaban J connectivity index is 2.52. The normalized spacial score (nSPS) is 12.3. The number of hydrogen-bond acceptors (Lipinski definition) is 5. The molecule has 2 aromatic rings. The molecular formula is C13H10Cl3F3N4O. The molecule has 130 valence electrons. The quantitative estimate of drug-likeness (QED) is 0.763. The average Bonchev–Trinajstić information content (AvgIpc) is 2.51. The predicted octanol–water partition coefficient (Wildman–Crippen LogP) is 3.79. The Morgan fingerprint density at radius 3 is 2.38 bits per heavy atom. The van der Waals surface area contributed by atoms with Gasteiger partial charge in [0.05, 0.1) is 12.2 Å². The standard InChI is InChI=1S/C13H10Cl3F3N4O/c14-12(15,16)10-21-9(22-11(23-10)20-4-5-24)7-2-1-3-8(6-7)13(17,18)19/h1-3,6,24H,4-5H2,(H,20,21,22,23). The number of rotatable bonds is 4. The van der Waals surface area contributed by atoms with E-state index in [0.717, 1.165) is 12.1 Å². The first-order chi connectivity index (χ1) is 11.1. The minimum atomic E-state index is -4.51. The van der Waals surface area contributed by atoms with Crippen molar-refractivity contribution in [2.75, 3.05) is 18.5 Å². The summed E-state index contributed by atoms with van der Waals surface area (Å²) < 4.78 is 36.5. The fourth-order valence-electron chi connectivity index (χ4n) is 1.71. The number of aliphatic hydroxyl groups is 1. The molecular weight excluding hydrogens is 392 g/mol. The maximum Gasteiger partial charge on any atom is 0.416 e. The number of anilines is 1. The summed E-state index contributed by atoms with van der Waals surface area (Å²) in [6, 6.07) is 4.42. The lowest BCUT2D eigenvalue weighted by atomic mass is 10.1. The molecule has 0 fully saturated rings. The van der Waals surface area contributed by atoms with Gasteiger partial charge in [-0.15, -0.1) is 0 Å².